The first-order valence-corrected chi connectivity index (χ1v) is 8.50. The zero-order valence-corrected chi connectivity index (χ0v) is 14.2. The molecule has 0 saturated heterocycles. The maximum absolute atomic E-state index is 12.6. The van der Waals surface area contributed by atoms with Crippen LogP contribution in [0, 0.1) is 0 Å². The van der Waals surface area contributed by atoms with Gasteiger partial charge in [-0.25, -0.2) is 0 Å². The van der Waals surface area contributed by atoms with Crippen LogP contribution in [0.15, 0.2) is 56.9 Å². The fourth-order valence-corrected chi connectivity index (χ4v) is 3.11. The largest absolute Gasteiger partial charge is 0.369 e. The third-order valence-electron chi connectivity index (χ3n) is 3.48. The Morgan fingerprint density at radius 3 is 2.42 bits per heavy atom. The molecule has 26 heavy (non-hydrogen) atoms. The van der Waals surface area contributed by atoms with Crippen LogP contribution in [0.25, 0.3) is 11.0 Å². The molecule has 0 radical (unpaired) electrons. The van der Waals surface area contributed by atoms with Crippen molar-refractivity contribution in [1.29, 1.82) is 0 Å². The molecule has 5 N–H and O–H groups in total. The lowest BCUT2D eigenvalue weighted by Crippen LogP contribution is -2.28. The molecular weight excluding hydrogens is 356 g/mol. The van der Waals surface area contributed by atoms with Gasteiger partial charge in [0.1, 0.15) is 0 Å². The first kappa shape index (κ1) is 17.5. The molecule has 0 unspecified atom stereocenters. The molecule has 9 heteroatoms. The van der Waals surface area contributed by atoms with E-state index >= 15 is 0 Å². The lowest BCUT2D eigenvalue weighted by atomic mass is 10.2. The molecule has 0 saturated carbocycles. The summed E-state index contributed by atoms with van der Waals surface area (Å²) in [6.45, 7) is 0. The minimum Gasteiger partial charge on any atom is -0.369 e. The van der Waals surface area contributed by atoms with E-state index in [9.17, 15) is 19.2 Å². The van der Waals surface area contributed by atoms with Crippen molar-refractivity contribution in [3.63, 3.8) is 0 Å². The summed E-state index contributed by atoms with van der Waals surface area (Å²) in [7, 11) is 0. The number of benzene rings is 2. The fraction of sp³-hybridized carbons (Fsp3) is 0.0588. The summed E-state index contributed by atoms with van der Waals surface area (Å²) >= 11 is 1.18. The van der Waals surface area contributed by atoms with Crippen LogP contribution in [0.4, 0.5) is 5.69 Å². The van der Waals surface area contributed by atoms with Gasteiger partial charge in [-0.3, -0.25) is 19.2 Å². The number of H-pyrrole nitrogens is 2. The van der Waals surface area contributed by atoms with E-state index in [4.69, 9.17) is 5.73 Å². The number of nitrogens with one attached hydrogen (secondary N) is 3. The summed E-state index contributed by atoms with van der Waals surface area (Å²) in [6, 6.07) is 11.6. The van der Waals surface area contributed by atoms with Crippen LogP contribution in [0.1, 0.15) is 10.4 Å². The number of thioether (sulfide) groups is 1. The summed E-state index contributed by atoms with van der Waals surface area (Å²) in [5, 5.41) is 2.73. The molecule has 0 bridgehead atoms. The summed E-state index contributed by atoms with van der Waals surface area (Å²) in [5.74, 6) is -0.782. The predicted octanol–water partition coefficient (Wildman–Crippen LogP) is 1.05. The van der Waals surface area contributed by atoms with E-state index < -0.39 is 17.0 Å². The quantitative estimate of drug-likeness (QED) is 0.393. The highest BCUT2D eigenvalue weighted by Gasteiger charge is 2.13. The van der Waals surface area contributed by atoms with Gasteiger partial charge < -0.3 is 21.0 Å². The van der Waals surface area contributed by atoms with Gasteiger partial charge in [-0.15, -0.1) is 11.8 Å². The van der Waals surface area contributed by atoms with Crippen molar-refractivity contribution in [2.75, 3.05) is 11.1 Å². The normalized spacial score (nSPS) is 10.6. The number of amides is 2. The Balaban J connectivity index is 1.87. The van der Waals surface area contributed by atoms with E-state index in [0.29, 0.717) is 27.2 Å². The highest BCUT2D eigenvalue weighted by Crippen LogP contribution is 2.23. The minimum absolute atomic E-state index is 0.0644. The lowest BCUT2D eigenvalue weighted by molar-refractivity contribution is -0.115. The van der Waals surface area contributed by atoms with Gasteiger partial charge in [0, 0.05) is 10.6 Å². The number of hydrogen-bond acceptors (Lipinski definition) is 5. The second-order valence-corrected chi connectivity index (χ2v) is 6.39. The molecule has 0 atom stereocenters. The first-order chi connectivity index (χ1) is 12.4. The van der Waals surface area contributed by atoms with Crippen molar-refractivity contribution in [3.8, 4) is 0 Å². The average molecular weight is 370 g/mol. The Bertz CT molecular complexity index is 1120. The van der Waals surface area contributed by atoms with Gasteiger partial charge >= 0.3 is 11.1 Å². The number of aromatic amines is 2. The lowest BCUT2D eigenvalue weighted by Gasteiger charge is -2.10. The summed E-state index contributed by atoms with van der Waals surface area (Å²) < 4.78 is 0. The molecular formula is C17H14N4O4S. The number of carbonyl (C=O) groups is 2. The Morgan fingerprint density at radius 1 is 1.00 bits per heavy atom. The third kappa shape index (κ3) is 3.83. The van der Waals surface area contributed by atoms with Gasteiger partial charge in [-0.05, 0) is 30.3 Å². The molecule has 2 amide bonds. The SMILES string of the molecule is NC(=O)CSc1ccccc1C(=O)Nc1ccc2[nH]c(=O)c(=O)[nH]c2c1. The molecule has 3 rings (SSSR count). The van der Waals surface area contributed by atoms with Crippen LogP contribution >= 0.6 is 11.8 Å². The number of fused-ring (bicyclic) bond motifs is 1. The Hall–Kier alpha value is -3.33. The Labute approximate surface area is 150 Å². The number of aromatic nitrogens is 2. The van der Waals surface area contributed by atoms with Crippen molar-refractivity contribution in [2.24, 2.45) is 5.73 Å². The Morgan fingerprint density at radius 2 is 1.69 bits per heavy atom. The van der Waals surface area contributed by atoms with Crippen LogP contribution in [-0.4, -0.2) is 27.5 Å². The second kappa shape index (κ2) is 7.28. The van der Waals surface area contributed by atoms with Gasteiger partial charge in [0.05, 0.1) is 22.3 Å². The van der Waals surface area contributed by atoms with E-state index in [1.807, 2.05) is 0 Å². The molecule has 3 aromatic rings. The first-order valence-electron chi connectivity index (χ1n) is 7.52. The predicted molar refractivity (Wildman–Crippen MR) is 99.5 cm³/mol. The smallest absolute Gasteiger partial charge is 0.314 e. The number of primary amides is 1. The van der Waals surface area contributed by atoms with Crippen molar-refractivity contribution in [2.45, 2.75) is 4.90 Å². The van der Waals surface area contributed by atoms with Crippen molar-refractivity contribution >= 4 is 40.3 Å². The molecule has 1 heterocycles. The number of hydrogen-bond donors (Lipinski definition) is 4. The number of nitrogens with two attached hydrogens (primary N) is 1. The monoisotopic (exact) mass is 370 g/mol. The molecule has 1 aromatic heterocycles. The highest BCUT2D eigenvalue weighted by molar-refractivity contribution is 8.00. The molecule has 0 fully saturated rings. The topological polar surface area (TPSA) is 138 Å². The molecule has 132 valence electrons. The van der Waals surface area contributed by atoms with Gasteiger partial charge in [0.15, 0.2) is 0 Å². The fourth-order valence-electron chi connectivity index (χ4n) is 2.32. The number of carbonyl (C=O) groups excluding carboxylic acids is 2. The Kier molecular flexibility index (Phi) is 4.90. The van der Waals surface area contributed by atoms with Crippen LogP contribution < -0.4 is 22.2 Å². The molecule has 0 spiro atoms. The van der Waals surface area contributed by atoms with Gasteiger partial charge in [-0.2, -0.15) is 0 Å². The van der Waals surface area contributed by atoms with E-state index in [1.165, 1.54) is 11.8 Å². The second-order valence-electron chi connectivity index (χ2n) is 5.37. The van der Waals surface area contributed by atoms with E-state index in [-0.39, 0.29) is 11.7 Å². The average Bonchev–Trinajstić information content (AvgIpc) is 2.61. The van der Waals surface area contributed by atoms with Crippen LogP contribution in [0.2, 0.25) is 0 Å². The van der Waals surface area contributed by atoms with Gasteiger partial charge in [-0.1, -0.05) is 12.1 Å². The molecule has 0 aliphatic heterocycles. The maximum atomic E-state index is 12.6. The van der Waals surface area contributed by atoms with Crippen molar-refractivity contribution in [1.82, 2.24) is 9.97 Å². The summed E-state index contributed by atoms with van der Waals surface area (Å²) in [4.78, 5) is 51.8. The van der Waals surface area contributed by atoms with E-state index in [2.05, 4.69) is 15.3 Å². The van der Waals surface area contributed by atoms with Gasteiger partial charge in [0.25, 0.3) is 5.91 Å². The number of rotatable bonds is 5. The third-order valence-corrected chi connectivity index (χ3v) is 4.58. The maximum Gasteiger partial charge on any atom is 0.314 e. The zero-order valence-electron chi connectivity index (χ0n) is 13.4. The van der Waals surface area contributed by atoms with Crippen LogP contribution in [-0.2, 0) is 4.79 Å². The number of anilines is 1. The highest BCUT2D eigenvalue weighted by atomic mass is 32.2. The minimum atomic E-state index is -0.769. The standard InChI is InChI=1S/C17H14N4O4S/c18-14(22)8-26-13-4-2-1-3-10(13)15(23)19-9-5-6-11-12(7-9)21-17(25)16(24)20-11/h1-7H,8H2,(H2,18,22)(H,19,23)(H,20,24)(H,21,25). The molecule has 0 aliphatic carbocycles. The zero-order chi connectivity index (χ0) is 18.7. The van der Waals surface area contributed by atoms with Crippen molar-refractivity contribution in [3.05, 3.63) is 68.7 Å². The van der Waals surface area contributed by atoms with E-state index in [1.54, 1.807) is 42.5 Å². The van der Waals surface area contributed by atoms with Gasteiger partial charge in [0.2, 0.25) is 5.91 Å². The van der Waals surface area contributed by atoms with Crippen LogP contribution in [0.5, 0.6) is 0 Å². The molecule has 2 aromatic carbocycles. The van der Waals surface area contributed by atoms with Crippen LogP contribution in [0.3, 0.4) is 0 Å². The summed E-state index contributed by atoms with van der Waals surface area (Å²) in [6.07, 6.45) is 0. The molecule has 0 aliphatic rings. The molecule has 8 nitrogen and oxygen atoms in total. The van der Waals surface area contributed by atoms with Crippen molar-refractivity contribution < 1.29 is 9.59 Å². The van der Waals surface area contributed by atoms with E-state index in [0.717, 1.165) is 0 Å². The summed E-state index contributed by atoms with van der Waals surface area (Å²) in [5.41, 5.74) is 5.32.